The Morgan fingerprint density at radius 2 is 1.85 bits per heavy atom. The summed E-state index contributed by atoms with van der Waals surface area (Å²) in [6, 6.07) is 11.6. The Kier molecular flexibility index (Phi) is 6.58. The average molecular weight is 457 g/mol. The highest BCUT2D eigenvalue weighted by molar-refractivity contribution is 5.99. The Morgan fingerprint density at radius 3 is 2.62 bits per heavy atom. The van der Waals surface area contributed by atoms with Crippen LogP contribution in [-0.4, -0.2) is 33.2 Å². The van der Waals surface area contributed by atoms with Gasteiger partial charge in [-0.2, -0.15) is 4.98 Å². The summed E-state index contributed by atoms with van der Waals surface area (Å²) >= 11 is 0. The van der Waals surface area contributed by atoms with E-state index in [0.29, 0.717) is 24.0 Å². The van der Waals surface area contributed by atoms with Gasteiger partial charge in [0.25, 0.3) is 0 Å². The second kappa shape index (κ2) is 9.74. The largest absolute Gasteiger partial charge is 0.340 e. The average Bonchev–Trinajstić information content (AvgIpc) is 2.81. The van der Waals surface area contributed by atoms with Crippen molar-refractivity contribution in [3.05, 3.63) is 77.5 Å². The Balaban J connectivity index is 1.53. The highest BCUT2D eigenvalue weighted by Gasteiger charge is 2.19. The number of hydrogen-bond donors (Lipinski definition) is 3. The maximum atomic E-state index is 11.7. The first-order valence-electron chi connectivity index (χ1n) is 11.1. The summed E-state index contributed by atoms with van der Waals surface area (Å²) in [5, 5.41) is 9.40. The number of amides is 2. The molecule has 0 bridgehead atoms. The molecule has 0 aliphatic carbocycles. The van der Waals surface area contributed by atoms with Crippen LogP contribution in [0.5, 0.6) is 0 Å². The molecule has 0 unspecified atom stereocenters. The van der Waals surface area contributed by atoms with E-state index in [1.165, 1.54) is 17.2 Å². The number of carbonyl (C=O) groups is 2. The van der Waals surface area contributed by atoms with E-state index in [4.69, 9.17) is 0 Å². The minimum absolute atomic E-state index is 0.104. The van der Waals surface area contributed by atoms with Crippen molar-refractivity contribution in [1.29, 1.82) is 0 Å². The van der Waals surface area contributed by atoms with Crippen LogP contribution >= 0.6 is 0 Å². The van der Waals surface area contributed by atoms with Gasteiger partial charge in [0.15, 0.2) is 0 Å². The lowest BCUT2D eigenvalue weighted by Gasteiger charge is -2.29. The molecule has 4 rings (SSSR count). The Morgan fingerprint density at radius 1 is 1.06 bits per heavy atom. The molecule has 2 amide bonds. The molecule has 2 aromatic carbocycles. The number of hydrogen-bond acceptors (Lipinski definition) is 6. The smallest absolute Gasteiger partial charge is 0.247 e. The Hall–Kier alpha value is -4.20. The van der Waals surface area contributed by atoms with Gasteiger partial charge in [-0.3, -0.25) is 9.59 Å². The Labute approximate surface area is 199 Å². The number of aromatic nitrogens is 2. The van der Waals surface area contributed by atoms with Gasteiger partial charge in [0.1, 0.15) is 5.82 Å². The molecule has 174 valence electrons. The number of carbonyl (C=O) groups excluding carboxylic acids is 2. The van der Waals surface area contributed by atoms with Crippen LogP contribution in [0.4, 0.5) is 28.8 Å². The first kappa shape index (κ1) is 23.0. The molecular formula is C26H28N6O2. The van der Waals surface area contributed by atoms with Crippen LogP contribution in [0.1, 0.15) is 29.2 Å². The van der Waals surface area contributed by atoms with Gasteiger partial charge in [0, 0.05) is 48.8 Å². The number of nitrogens with zero attached hydrogens (tertiary/aromatic N) is 3. The van der Waals surface area contributed by atoms with E-state index in [9.17, 15) is 9.59 Å². The molecule has 1 aliphatic rings. The van der Waals surface area contributed by atoms with E-state index < -0.39 is 0 Å². The van der Waals surface area contributed by atoms with E-state index in [1.54, 1.807) is 19.2 Å². The molecule has 1 aliphatic heterocycles. The lowest BCUT2D eigenvalue weighted by Crippen LogP contribution is -2.34. The van der Waals surface area contributed by atoms with E-state index in [1.807, 2.05) is 36.9 Å². The number of aryl methyl sites for hydroxylation is 2. The van der Waals surface area contributed by atoms with E-state index in [0.717, 1.165) is 35.5 Å². The fourth-order valence-electron chi connectivity index (χ4n) is 3.89. The zero-order valence-electron chi connectivity index (χ0n) is 19.6. The van der Waals surface area contributed by atoms with Crippen LogP contribution in [0.3, 0.4) is 0 Å². The minimum Gasteiger partial charge on any atom is -0.340 e. The zero-order chi connectivity index (χ0) is 24.2. The van der Waals surface area contributed by atoms with Crippen LogP contribution in [0.15, 0.2) is 55.3 Å². The predicted octanol–water partition coefficient (Wildman–Crippen LogP) is 4.61. The quantitative estimate of drug-likeness (QED) is 0.469. The number of anilines is 5. The van der Waals surface area contributed by atoms with Crippen LogP contribution in [0.25, 0.3) is 0 Å². The number of nitrogens with one attached hydrogen (secondary N) is 3. The maximum absolute atomic E-state index is 11.7. The molecule has 0 radical (unpaired) electrons. The van der Waals surface area contributed by atoms with E-state index >= 15 is 0 Å². The highest BCUT2D eigenvalue weighted by Crippen LogP contribution is 2.28. The lowest BCUT2D eigenvalue weighted by molar-refractivity contribution is -0.129. The zero-order valence-corrected chi connectivity index (χ0v) is 19.6. The molecular weight excluding hydrogens is 428 g/mol. The summed E-state index contributed by atoms with van der Waals surface area (Å²) in [5.74, 6) is 0.981. The summed E-state index contributed by atoms with van der Waals surface area (Å²) in [5.41, 5.74) is 6.75. The number of fused-ring (bicyclic) bond motifs is 1. The fourth-order valence-corrected chi connectivity index (χ4v) is 3.89. The van der Waals surface area contributed by atoms with Gasteiger partial charge in [-0.1, -0.05) is 18.7 Å². The van der Waals surface area contributed by atoms with Crippen molar-refractivity contribution in [3.63, 3.8) is 0 Å². The first-order valence-corrected chi connectivity index (χ1v) is 11.1. The molecule has 34 heavy (non-hydrogen) atoms. The van der Waals surface area contributed by atoms with Gasteiger partial charge >= 0.3 is 0 Å². The molecule has 0 saturated heterocycles. The first-order chi connectivity index (χ1) is 16.3. The van der Waals surface area contributed by atoms with Gasteiger partial charge in [-0.25, -0.2) is 4.98 Å². The normalized spacial score (nSPS) is 12.5. The van der Waals surface area contributed by atoms with Crippen molar-refractivity contribution >= 4 is 40.6 Å². The monoisotopic (exact) mass is 456 g/mol. The van der Waals surface area contributed by atoms with Crippen molar-refractivity contribution < 1.29 is 9.59 Å². The van der Waals surface area contributed by atoms with Crippen molar-refractivity contribution in [1.82, 2.24) is 14.9 Å². The number of rotatable bonds is 6. The third-order valence-electron chi connectivity index (χ3n) is 5.80. The third-order valence-corrected chi connectivity index (χ3v) is 5.80. The molecule has 2 heterocycles. The van der Waals surface area contributed by atoms with Crippen LogP contribution in [-0.2, 0) is 22.6 Å². The molecule has 3 N–H and O–H groups in total. The summed E-state index contributed by atoms with van der Waals surface area (Å²) in [6.45, 7) is 10.4. The highest BCUT2D eigenvalue weighted by atomic mass is 16.2. The third kappa shape index (κ3) is 5.23. The SMILES string of the molecule is C=CC(=O)Nc1cccc(Nc2nc(Nc3cc4c(cc3C)CN(C(C)=O)CC4)ncc2C)c1. The topological polar surface area (TPSA) is 99.2 Å². The van der Waals surface area contributed by atoms with Crippen molar-refractivity contribution in [2.45, 2.75) is 33.7 Å². The summed E-state index contributed by atoms with van der Waals surface area (Å²) in [4.78, 5) is 34.3. The molecule has 0 atom stereocenters. The van der Waals surface area contributed by atoms with Crippen LogP contribution in [0.2, 0.25) is 0 Å². The van der Waals surface area contributed by atoms with Gasteiger partial charge in [-0.15, -0.1) is 0 Å². The number of benzene rings is 2. The van der Waals surface area contributed by atoms with Crippen molar-refractivity contribution in [2.75, 3.05) is 22.5 Å². The summed E-state index contributed by atoms with van der Waals surface area (Å²) in [7, 11) is 0. The Bertz CT molecular complexity index is 1270. The lowest BCUT2D eigenvalue weighted by atomic mass is 9.96. The van der Waals surface area contributed by atoms with Crippen LogP contribution < -0.4 is 16.0 Å². The molecule has 0 spiro atoms. The summed E-state index contributed by atoms with van der Waals surface area (Å²) in [6.07, 6.45) is 3.82. The van der Waals surface area contributed by atoms with Crippen LogP contribution in [0, 0.1) is 13.8 Å². The molecule has 0 saturated carbocycles. The molecule has 8 heteroatoms. The molecule has 3 aromatic rings. The van der Waals surface area contributed by atoms with Gasteiger partial charge in [0.05, 0.1) is 0 Å². The maximum Gasteiger partial charge on any atom is 0.247 e. The van der Waals surface area contributed by atoms with E-state index in [-0.39, 0.29) is 11.8 Å². The predicted molar refractivity (Wildman–Crippen MR) is 135 cm³/mol. The molecule has 1 aromatic heterocycles. The van der Waals surface area contributed by atoms with Gasteiger partial charge < -0.3 is 20.9 Å². The fraction of sp³-hybridized carbons (Fsp3) is 0.231. The van der Waals surface area contributed by atoms with Crippen molar-refractivity contribution in [2.24, 2.45) is 0 Å². The summed E-state index contributed by atoms with van der Waals surface area (Å²) < 4.78 is 0. The van der Waals surface area contributed by atoms with Gasteiger partial charge in [-0.05, 0) is 67.3 Å². The molecule has 8 nitrogen and oxygen atoms in total. The second-order valence-corrected chi connectivity index (χ2v) is 8.38. The second-order valence-electron chi connectivity index (χ2n) is 8.38. The standard InChI is InChI=1S/C26H28N6O2/c1-5-24(34)28-21-7-6-8-22(13-21)29-25-17(3)14-27-26(31-25)30-23-12-19-9-10-32(18(4)33)15-20(19)11-16(23)2/h5-8,11-14H,1,9-10,15H2,2-4H3,(H,28,34)(H2,27,29,30,31). The van der Waals surface area contributed by atoms with E-state index in [2.05, 4.69) is 44.6 Å². The van der Waals surface area contributed by atoms with Gasteiger partial charge in [0.2, 0.25) is 17.8 Å². The molecule has 0 fully saturated rings. The minimum atomic E-state index is -0.267. The van der Waals surface area contributed by atoms with Crippen molar-refractivity contribution in [3.8, 4) is 0 Å².